The van der Waals surface area contributed by atoms with Crippen molar-refractivity contribution in [2.75, 3.05) is 0 Å². The second-order valence-corrected chi connectivity index (χ2v) is 6.12. The highest BCUT2D eigenvalue weighted by Crippen LogP contribution is 2.47. The van der Waals surface area contributed by atoms with Gasteiger partial charge in [-0.1, -0.05) is 28.8 Å². The van der Waals surface area contributed by atoms with E-state index in [0.29, 0.717) is 17.3 Å². The first kappa shape index (κ1) is 15.8. The number of aliphatic hydroxyl groups excluding tert-OH is 1. The van der Waals surface area contributed by atoms with E-state index in [1.165, 1.54) is 12.1 Å². The molecule has 3 atom stereocenters. The van der Waals surface area contributed by atoms with Crippen LogP contribution in [0.5, 0.6) is 0 Å². The van der Waals surface area contributed by atoms with Crippen molar-refractivity contribution in [2.45, 2.75) is 38.0 Å². The van der Waals surface area contributed by atoms with Crippen molar-refractivity contribution in [2.24, 2.45) is 11.8 Å². The Kier molecular flexibility index (Phi) is 4.74. The lowest BCUT2D eigenvalue weighted by Gasteiger charge is -2.36. The van der Waals surface area contributed by atoms with E-state index in [0.717, 1.165) is 6.07 Å². The van der Waals surface area contributed by atoms with Crippen molar-refractivity contribution < 1.29 is 22.7 Å². The van der Waals surface area contributed by atoms with Gasteiger partial charge < -0.3 is 5.11 Å². The third-order valence-electron chi connectivity index (χ3n) is 3.92. The Morgan fingerprint density at radius 2 is 1.85 bits per heavy atom. The molecule has 20 heavy (non-hydrogen) atoms. The fourth-order valence-electron chi connectivity index (χ4n) is 2.92. The van der Waals surface area contributed by atoms with Crippen molar-refractivity contribution in [3.8, 4) is 0 Å². The molecule has 1 aliphatic rings. The molecule has 0 spiro atoms. The maximum Gasteiger partial charge on any atom is 0.392 e. The normalized spacial score (nSPS) is 25.5. The Hall–Kier alpha value is -0.620. The van der Waals surface area contributed by atoms with Crippen LogP contribution >= 0.6 is 15.9 Å². The summed E-state index contributed by atoms with van der Waals surface area (Å²) in [7, 11) is 0. The van der Waals surface area contributed by atoms with Gasteiger partial charge in [-0.15, -0.1) is 0 Å². The van der Waals surface area contributed by atoms with Gasteiger partial charge in [-0.05, 0) is 31.0 Å². The van der Waals surface area contributed by atoms with Crippen molar-refractivity contribution in [3.63, 3.8) is 0 Å². The maximum absolute atomic E-state index is 13.7. The third kappa shape index (κ3) is 3.34. The number of hydrogen-bond donors (Lipinski definition) is 1. The summed E-state index contributed by atoms with van der Waals surface area (Å²) in [5.41, 5.74) is -0.0690. The maximum atomic E-state index is 13.7. The van der Waals surface area contributed by atoms with Crippen molar-refractivity contribution in [1.82, 2.24) is 0 Å². The Labute approximate surface area is 123 Å². The first-order chi connectivity index (χ1) is 9.30. The average molecular weight is 355 g/mol. The molecule has 6 heteroatoms. The predicted molar refractivity (Wildman–Crippen MR) is 70.6 cm³/mol. The van der Waals surface area contributed by atoms with Crippen LogP contribution < -0.4 is 0 Å². The number of benzene rings is 1. The number of aliphatic hydroxyl groups is 1. The summed E-state index contributed by atoms with van der Waals surface area (Å²) in [5.74, 6) is -3.22. The van der Waals surface area contributed by atoms with Gasteiger partial charge in [0.15, 0.2) is 0 Å². The number of halogens is 5. The molecule has 1 fully saturated rings. The molecule has 2 rings (SSSR count). The van der Waals surface area contributed by atoms with Gasteiger partial charge in [0.1, 0.15) is 5.82 Å². The highest BCUT2D eigenvalue weighted by Gasteiger charge is 2.48. The van der Waals surface area contributed by atoms with E-state index in [9.17, 15) is 22.7 Å². The molecular weight excluding hydrogens is 340 g/mol. The molecule has 0 bridgehead atoms. The van der Waals surface area contributed by atoms with Crippen LogP contribution in [0, 0.1) is 17.7 Å². The van der Waals surface area contributed by atoms with Gasteiger partial charge >= 0.3 is 6.18 Å². The monoisotopic (exact) mass is 354 g/mol. The minimum Gasteiger partial charge on any atom is -0.388 e. The zero-order valence-electron chi connectivity index (χ0n) is 10.6. The summed E-state index contributed by atoms with van der Waals surface area (Å²) in [6, 6.07) is 3.95. The van der Waals surface area contributed by atoms with Gasteiger partial charge in [0.2, 0.25) is 0 Å². The molecule has 0 aromatic heterocycles. The van der Waals surface area contributed by atoms with E-state index in [-0.39, 0.29) is 18.4 Å². The largest absolute Gasteiger partial charge is 0.392 e. The van der Waals surface area contributed by atoms with E-state index < -0.39 is 29.9 Å². The van der Waals surface area contributed by atoms with Crippen LogP contribution in [0.2, 0.25) is 0 Å². The van der Waals surface area contributed by atoms with Crippen molar-refractivity contribution in [3.05, 3.63) is 34.1 Å². The standard InChI is InChI=1S/C14H15BrF4O/c15-8-5-6-12(16)10(7-8)13(20)9-3-1-2-4-11(9)14(17,18)19/h5-7,9,11,13,20H,1-4H2. The number of rotatable bonds is 2. The number of alkyl halides is 3. The molecular formula is C14H15BrF4O. The van der Waals surface area contributed by atoms with Gasteiger partial charge in [-0.2, -0.15) is 13.2 Å². The van der Waals surface area contributed by atoms with E-state index >= 15 is 0 Å². The quantitative estimate of drug-likeness (QED) is 0.741. The predicted octanol–water partition coefficient (Wildman–Crippen LogP) is 4.99. The molecule has 1 aromatic carbocycles. The molecule has 1 nitrogen and oxygen atoms in total. The summed E-state index contributed by atoms with van der Waals surface area (Å²) >= 11 is 3.14. The SMILES string of the molecule is OC(c1cc(Br)ccc1F)C1CCCCC1C(F)(F)F. The van der Waals surface area contributed by atoms with Crippen LogP contribution in [-0.4, -0.2) is 11.3 Å². The molecule has 0 saturated heterocycles. The van der Waals surface area contributed by atoms with Gasteiger partial charge in [0.25, 0.3) is 0 Å². The fourth-order valence-corrected chi connectivity index (χ4v) is 3.29. The van der Waals surface area contributed by atoms with Crippen LogP contribution in [0.3, 0.4) is 0 Å². The molecule has 0 heterocycles. The van der Waals surface area contributed by atoms with Crippen LogP contribution in [-0.2, 0) is 0 Å². The lowest BCUT2D eigenvalue weighted by Crippen LogP contribution is -2.36. The van der Waals surface area contributed by atoms with Crippen LogP contribution in [0.15, 0.2) is 22.7 Å². The summed E-state index contributed by atoms with van der Waals surface area (Å²) in [6.45, 7) is 0. The van der Waals surface area contributed by atoms with Crippen LogP contribution in [0.25, 0.3) is 0 Å². The molecule has 3 unspecified atom stereocenters. The molecule has 1 aromatic rings. The lowest BCUT2D eigenvalue weighted by atomic mass is 9.74. The fraction of sp³-hybridized carbons (Fsp3) is 0.571. The highest BCUT2D eigenvalue weighted by atomic mass is 79.9. The van der Waals surface area contributed by atoms with Gasteiger partial charge in [-0.25, -0.2) is 4.39 Å². The Morgan fingerprint density at radius 3 is 2.50 bits per heavy atom. The van der Waals surface area contributed by atoms with Gasteiger partial charge in [0, 0.05) is 16.0 Å². The summed E-state index contributed by atoms with van der Waals surface area (Å²) < 4.78 is 53.4. The lowest BCUT2D eigenvalue weighted by molar-refractivity contribution is -0.207. The zero-order valence-corrected chi connectivity index (χ0v) is 12.2. The van der Waals surface area contributed by atoms with E-state index in [1.54, 1.807) is 0 Å². The van der Waals surface area contributed by atoms with Gasteiger partial charge in [-0.3, -0.25) is 0 Å². The summed E-state index contributed by atoms with van der Waals surface area (Å²) in [4.78, 5) is 0. The second-order valence-electron chi connectivity index (χ2n) is 5.21. The zero-order chi connectivity index (χ0) is 14.9. The Morgan fingerprint density at radius 1 is 1.20 bits per heavy atom. The molecule has 1 aliphatic carbocycles. The molecule has 0 aliphatic heterocycles. The molecule has 1 saturated carbocycles. The van der Waals surface area contributed by atoms with E-state index in [2.05, 4.69) is 15.9 Å². The first-order valence-corrected chi connectivity index (χ1v) is 7.29. The average Bonchev–Trinajstić information content (AvgIpc) is 2.40. The summed E-state index contributed by atoms with van der Waals surface area (Å²) in [6.07, 6.45) is -4.40. The van der Waals surface area contributed by atoms with Crippen molar-refractivity contribution >= 4 is 15.9 Å². The van der Waals surface area contributed by atoms with Crippen LogP contribution in [0.1, 0.15) is 37.4 Å². The Bertz CT molecular complexity index is 475. The van der Waals surface area contributed by atoms with Gasteiger partial charge in [0.05, 0.1) is 12.0 Å². The molecule has 0 amide bonds. The first-order valence-electron chi connectivity index (χ1n) is 6.50. The molecule has 1 N–H and O–H groups in total. The molecule has 112 valence electrons. The van der Waals surface area contributed by atoms with Crippen molar-refractivity contribution in [1.29, 1.82) is 0 Å². The Balaban J connectivity index is 2.30. The summed E-state index contributed by atoms with van der Waals surface area (Å²) in [5, 5.41) is 10.2. The van der Waals surface area contributed by atoms with E-state index in [1.807, 2.05) is 0 Å². The highest BCUT2D eigenvalue weighted by molar-refractivity contribution is 9.10. The van der Waals surface area contributed by atoms with E-state index in [4.69, 9.17) is 0 Å². The topological polar surface area (TPSA) is 20.2 Å². The second kappa shape index (κ2) is 6.02. The number of hydrogen-bond acceptors (Lipinski definition) is 1. The minimum absolute atomic E-state index is 0.000842. The minimum atomic E-state index is -4.35. The molecule has 0 radical (unpaired) electrons. The van der Waals surface area contributed by atoms with Crippen LogP contribution in [0.4, 0.5) is 17.6 Å². The smallest absolute Gasteiger partial charge is 0.388 e. The third-order valence-corrected chi connectivity index (χ3v) is 4.42.